The van der Waals surface area contributed by atoms with E-state index in [0.29, 0.717) is 17.4 Å². The third kappa shape index (κ3) is 4.68. The van der Waals surface area contributed by atoms with Gasteiger partial charge in [0, 0.05) is 17.6 Å². The van der Waals surface area contributed by atoms with Gasteiger partial charge in [0.05, 0.1) is 15.4 Å². The number of hydrogen-bond acceptors (Lipinski definition) is 4. The van der Waals surface area contributed by atoms with Crippen LogP contribution in [0.1, 0.15) is 18.7 Å². The second kappa shape index (κ2) is 7.92. The number of likely N-dealkylation sites (N-methyl/N-ethyl adjacent to an activating group) is 1. The molecule has 4 nitrogen and oxygen atoms in total. The van der Waals surface area contributed by atoms with E-state index < -0.39 is 0 Å². The van der Waals surface area contributed by atoms with Crippen molar-refractivity contribution in [2.45, 2.75) is 26.4 Å². The minimum Gasteiger partial charge on any atom is -0.309 e. The van der Waals surface area contributed by atoms with E-state index >= 15 is 0 Å². The number of amides is 1. The van der Waals surface area contributed by atoms with Crippen molar-refractivity contribution in [3.63, 3.8) is 0 Å². The molecular formula is C15H17Cl2N3OS. The maximum atomic E-state index is 12.3. The molecule has 0 saturated carbocycles. The number of nitrogens with zero attached hydrogens (tertiary/aromatic N) is 2. The first-order valence-electron chi connectivity index (χ1n) is 6.90. The van der Waals surface area contributed by atoms with Crippen LogP contribution >= 0.6 is 34.5 Å². The van der Waals surface area contributed by atoms with Crippen LogP contribution < -0.4 is 5.32 Å². The lowest BCUT2D eigenvalue weighted by Crippen LogP contribution is -2.41. The molecule has 118 valence electrons. The minimum atomic E-state index is -0.275. The maximum absolute atomic E-state index is 12.3. The summed E-state index contributed by atoms with van der Waals surface area (Å²) in [5, 5.41) is 3.34. The van der Waals surface area contributed by atoms with E-state index in [4.69, 9.17) is 23.2 Å². The quantitative estimate of drug-likeness (QED) is 0.838. The highest BCUT2D eigenvalue weighted by atomic mass is 35.5. The van der Waals surface area contributed by atoms with Gasteiger partial charge in [-0.3, -0.25) is 9.69 Å². The molecule has 22 heavy (non-hydrogen) atoms. The predicted molar refractivity (Wildman–Crippen MR) is 92.8 cm³/mol. The van der Waals surface area contributed by atoms with E-state index in [1.165, 1.54) is 17.5 Å². The van der Waals surface area contributed by atoms with Crippen LogP contribution in [0, 0.1) is 0 Å². The largest absolute Gasteiger partial charge is 0.309 e. The minimum absolute atomic E-state index is 0.0978. The van der Waals surface area contributed by atoms with Crippen LogP contribution in [0.2, 0.25) is 9.36 Å². The Hall–Kier alpha value is -1.14. The normalized spacial score (nSPS) is 12.4. The van der Waals surface area contributed by atoms with Crippen LogP contribution in [0.5, 0.6) is 0 Å². The Balaban J connectivity index is 1.99. The lowest BCUT2D eigenvalue weighted by molar-refractivity contribution is -0.120. The van der Waals surface area contributed by atoms with Gasteiger partial charge in [-0.05, 0) is 37.7 Å². The molecule has 0 aliphatic heterocycles. The van der Waals surface area contributed by atoms with E-state index in [1.807, 2.05) is 26.0 Å². The number of nitrogens with one attached hydrogen (secondary N) is 1. The highest BCUT2D eigenvalue weighted by Crippen LogP contribution is 2.23. The van der Waals surface area contributed by atoms with Crippen molar-refractivity contribution < 1.29 is 4.79 Å². The van der Waals surface area contributed by atoms with Gasteiger partial charge >= 0.3 is 0 Å². The molecule has 0 radical (unpaired) electrons. The summed E-state index contributed by atoms with van der Waals surface area (Å²) in [4.78, 5) is 19.6. The van der Waals surface area contributed by atoms with Crippen molar-refractivity contribution in [2.24, 2.45) is 0 Å². The summed E-state index contributed by atoms with van der Waals surface area (Å²) in [6.07, 6.45) is 1.51. The van der Waals surface area contributed by atoms with Crippen LogP contribution in [0.4, 0.5) is 5.82 Å². The summed E-state index contributed by atoms with van der Waals surface area (Å²) in [6, 6.07) is 6.96. The van der Waals surface area contributed by atoms with E-state index in [0.717, 1.165) is 15.8 Å². The Morgan fingerprint density at radius 1 is 1.36 bits per heavy atom. The van der Waals surface area contributed by atoms with Crippen molar-refractivity contribution in [3.8, 4) is 0 Å². The molecule has 0 bridgehead atoms. The first-order chi connectivity index (χ1) is 10.5. The molecule has 0 aromatic carbocycles. The van der Waals surface area contributed by atoms with Gasteiger partial charge in [-0.15, -0.1) is 11.3 Å². The Bertz CT molecular complexity index is 630. The van der Waals surface area contributed by atoms with Crippen molar-refractivity contribution >= 4 is 46.3 Å². The van der Waals surface area contributed by atoms with Crippen molar-refractivity contribution in [1.29, 1.82) is 0 Å². The van der Waals surface area contributed by atoms with Gasteiger partial charge in [-0.1, -0.05) is 30.1 Å². The van der Waals surface area contributed by atoms with Crippen LogP contribution in [-0.4, -0.2) is 28.4 Å². The Morgan fingerprint density at radius 2 is 2.14 bits per heavy atom. The number of rotatable bonds is 6. The first kappa shape index (κ1) is 17.2. The number of carbonyl (C=O) groups is 1. The predicted octanol–water partition coefficient (Wildman–Crippen LogP) is 4.30. The van der Waals surface area contributed by atoms with Gasteiger partial charge in [-0.25, -0.2) is 4.98 Å². The summed E-state index contributed by atoms with van der Waals surface area (Å²) in [5.41, 5.74) is 0. The van der Waals surface area contributed by atoms with Crippen molar-refractivity contribution in [1.82, 2.24) is 9.88 Å². The summed E-state index contributed by atoms with van der Waals surface area (Å²) >= 11 is 13.3. The van der Waals surface area contributed by atoms with Gasteiger partial charge in [0.2, 0.25) is 5.91 Å². The second-order valence-electron chi connectivity index (χ2n) is 4.80. The topological polar surface area (TPSA) is 45.2 Å². The Kier molecular flexibility index (Phi) is 6.20. The molecule has 7 heteroatoms. The Labute approximate surface area is 144 Å². The van der Waals surface area contributed by atoms with Gasteiger partial charge in [0.15, 0.2) is 0 Å². The number of thiophene rings is 1. The molecule has 1 unspecified atom stereocenters. The fourth-order valence-electron chi connectivity index (χ4n) is 2.01. The van der Waals surface area contributed by atoms with Crippen LogP contribution in [0.15, 0.2) is 30.5 Å². The molecule has 2 aromatic heterocycles. The van der Waals surface area contributed by atoms with Crippen molar-refractivity contribution in [2.75, 3.05) is 11.9 Å². The molecule has 0 aliphatic rings. The van der Waals surface area contributed by atoms with E-state index in [2.05, 4.69) is 15.2 Å². The summed E-state index contributed by atoms with van der Waals surface area (Å²) < 4.78 is 0.758. The highest BCUT2D eigenvalue weighted by molar-refractivity contribution is 7.16. The maximum Gasteiger partial charge on any atom is 0.242 e. The molecule has 1 atom stereocenters. The SMILES string of the molecule is CCN(Cc1ccc(Cl)s1)C(C)C(=O)Nc1ccc(Cl)cn1. The molecule has 2 heterocycles. The zero-order valence-corrected chi connectivity index (χ0v) is 14.7. The molecule has 0 fully saturated rings. The number of hydrogen-bond donors (Lipinski definition) is 1. The molecule has 2 aromatic rings. The number of carbonyl (C=O) groups excluding carboxylic acids is 1. The number of halogens is 2. The summed E-state index contributed by atoms with van der Waals surface area (Å²) in [6.45, 7) is 5.36. The summed E-state index contributed by atoms with van der Waals surface area (Å²) in [7, 11) is 0. The highest BCUT2D eigenvalue weighted by Gasteiger charge is 2.21. The lowest BCUT2D eigenvalue weighted by Gasteiger charge is -2.26. The number of pyridine rings is 1. The number of anilines is 1. The number of aromatic nitrogens is 1. The van der Waals surface area contributed by atoms with E-state index in [-0.39, 0.29) is 11.9 Å². The molecule has 2 rings (SSSR count). The average Bonchev–Trinajstić information content (AvgIpc) is 2.91. The van der Waals surface area contributed by atoms with E-state index in [9.17, 15) is 4.79 Å². The fraction of sp³-hybridized carbons (Fsp3) is 0.333. The van der Waals surface area contributed by atoms with Crippen molar-refractivity contribution in [3.05, 3.63) is 44.7 Å². The smallest absolute Gasteiger partial charge is 0.242 e. The fourth-order valence-corrected chi connectivity index (χ4v) is 3.23. The first-order valence-corrected chi connectivity index (χ1v) is 8.47. The van der Waals surface area contributed by atoms with E-state index in [1.54, 1.807) is 12.1 Å². The molecule has 1 N–H and O–H groups in total. The van der Waals surface area contributed by atoms with Gasteiger partial charge in [0.1, 0.15) is 5.82 Å². The molecule has 0 spiro atoms. The Morgan fingerprint density at radius 3 is 2.68 bits per heavy atom. The lowest BCUT2D eigenvalue weighted by atomic mass is 10.2. The third-order valence-electron chi connectivity index (χ3n) is 3.30. The zero-order chi connectivity index (χ0) is 16.1. The van der Waals surface area contributed by atoms with Gasteiger partial charge in [0.25, 0.3) is 0 Å². The van der Waals surface area contributed by atoms with Crippen LogP contribution in [0.25, 0.3) is 0 Å². The zero-order valence-electron chi connectivity index (χ0n) is 12.3. The third-order valence-corrected chi connectivity index (χ3v) is 4.74. The molecule has 0 saturated heterocycles. The average molecular weight is 358 g/mol. The molecule has 1 amide bonds. The summed E-state index contributed by atoms with van der Waals surface area (Å²) in [5.74, 6) is 0.399. The van der Waals surface area contributed by atoms with Crippen LogP contribution in [0.3, 0.4) is 0 Å². The monoisotopic (exact) mass is 357 g/mol. The van der Waals surface area contributed by atoms with Crippen LogP contribution in [-0.2, 0) is 11.3 Å². The standard InChI is InChI=1S/C15H17Cl2N3OS/c1-3-20(9-12-5-6-13(17)22-12)10(2)15(21)19-14-7-4-11(16)8-18-14/h4-8,10H,3,9H2,1-2H3,(H,18,19,21). The van der Waals surface area contributed by atoms with Gasteiger partial charge in [-0.2, -0.15) is 0 Å². The molecular weight excluding hydrogens is 341 g/mol. The second-order valence-corrected chi connectivity index (χ2v) is 7.03. The van der Waals surface area contributed by atoms with Gasteiger partial charge < -0.3 is 5.32 Å². The molecule has 0 aliphatic carbocycles.